The van der Waals surface area contributed by atoms with Crippen LogP contribution < -0.4 is 10.6 Å². The van der Waals surface area contributed by atoms with E-state index in [2.05, 4.69) is 24.5 Å². The SMILES string of the molecule is C[C@H]1[C@H](OCCNC(=O)Nc2ccccc2Cl)O[C@@H]2O[C@]3(C)CC[C@H]4[C@H](C)CC[C@@H]1[C@@]24OO3. The van der Waals surface area contributed by atoms with Gasteiger partial charge in [0.15, 0.2) is 18.2 Å². The molecular formula is C24H33ClN2O6. The first kappa shape index (κ1) is 23.3. The number of rotatable bonds is 5. The third kappa shape index (κ3) is 4.15. The molecule has 5 aliphatic rings. The summed E-state index contributed by atoms with van der Waals surface area (Å²) in [6.07, 6.45) is 2.96. The highest BCUT2D eigenvalue weighted by Gasteiger charge is 2.69. The van der Waals surface area contributed by atoms with Gasteiger partial charge in [-0.3, -0.25) is 0 Å². The van der Waals surface area contributed by atoms with Crippen LogP contribution in [-0.2, 0) is 24.0 Å². The smallest absolute Gasteiger partial charge is 0.319 e. The van der Waals surface area contributed by atoms with E-state index in [1.54, 1.807) is 12.1 Å². The lowest BCUT2D eigenvalue weighted by Gasteiger charge is -2.60. The molecule has 4 heterocycles. The van der Waals surface area contributed by atoms with E-state index in [4.69, 9.17) is 35.6 Å². The number of nitrogens with one attached hydrogen (secondary N) is 2. The minimum Gasteiger partial charge on any atom is -0.350 e. The van der Waals surface area contributed by atoms with Gasteiger partial charge in [-0.2, -0.15) is 0 Å². The normalized spacial score (nSPS) is 41.7. The number of para-hydroxylation sites is 1. The first-order valence-corrected chi connectivity index (χ1v) is 12.3. The van der Waals surface area contributed by atoms with E-state index in [1.165, 1.54) is 0 Å². The van der Waals surface area contributed by atoms with E-state index < -0.39 is 24.0 Å². The Hall–Kier alpha value is -1.42. The highest BCUT2D eigenvalue weighted by Crippen LogP contribution is 2.60. The Labute approximate surface area is 199 Å². The molecule has 2 amide bonds. The largest absolute Gasteiger partial charge is 0.350 e. The zero-order valence-corrected chi connectivity index (χ0v) is 20.1. The molecule has 8 atom stereocenters. The predicted molar refractivity (Wildman–Crippen MR) is 121 cm³/mol. The molecule has 1 spiro atoms. The van der Waals surface area contributed by atoms with Crippen LogP contribution in [0.15, 0.2) is 24.3 Å². The highest BCUT2D eigenvalue weighted by atomic mass is 35.5. The van der Waals surface area contributed by atoms with Gasteiger partial charge in [-0.25, -0.2) is 14.6 Å². The number of carbonyl (C=O) groups is 1. The average Bonchev–Trinajstić information content (AvgIpc) is 3.02. The van der Waals surface area contributed by atoms with E-state index in [-0.39, 0.29) is 17.9 Å². The second kappa shape index (κ2) is 8.98. The van der Waals surface area contributed by atoms with E-state index in [0.717, 1.165) is 25.7 Å². The molecule has 2 bridgehead atoms. The fraction of sp³-hybridized carbons (Fsp3) is 0.708. The van der Waals surface area contributed by atoms with Crippen molar-refractivity contribution in [3.8, 4) is 0 Å². The van der Waals surface area contributed by atoms with Gasteiger partial charge in [0.05, 0.1) is 17.3 Å². The lowest BCUT2D eigenvalue weighted by molar-refractivity contribution is -0.577. The fourth-order valence-corrected chi connectivity index (χ4v) is 6.31. The molecule has 4 saturated heterocycles. The molecule has 2 N–H and O–H groups in total. The van der Waals surface area contributed by atoms with E-state index in [1.807, 2.05) is 19.1 Å². The van der Waals surface area contributed by atoms with Gasteiger partial charge in [-0.05, 0) is 50.2 Å². The van der Waals surface area contributed by atoms with Crippen LogP contribution in [0.4, 0.5) is 10.5 Å². The number of amides is 2. The Kier molecular flexibility index (Phi) is 6.35. The summed E-state index contributed by atoms with van der Waals surface area (Å²) in [6, 6.07) is 6.76. The van der Waals surface area contributed by atoms with Crippen LogP contribution >= 0.6 is 11.6 Å². The van der Waals surface area contributed by atoms with E-state index >= 15 is 0 Å². The van der Waals surface area contributed by atoms with E-state index in [0.29, 0.717) is 35.7 Å². The number of carbonyl (C=O) groups excluding carboxylic acids is 1. The summed E-state index contributed by atoms with van der Waals surface area (Å²) in [5.41, 5.74) is -0.0375. The molecule has 182 valence electrons. The Morgan fingerprint density at radius 3 is 2.82 bits per heavy atom. The van der Waals surface area contributed by atoms with Gasteiger partial charge < -0.3 is 24.8 Å². The molecule has 0 unspecified atom stereocenters. The summed E-state index contributed by atoms with van der Waals surface area (Å²) in [5.74, 6) is 0.347. The van der Waals surface area contributed by atoms with Crippen molar-refractivity contribution >= 4 is 23.3 Å². The molecular weight excluding hydrogens is 448 g/mol. The third-order valence-electron chi connectivity index (χ3n) is 7.89. The Morgan fingerprint density at radius 2 is 2.00 bits per heavy atom. The third-order valence-corrected chi connectivity index (χ3v) is 8.22. The number of benzene rings is 1. The summed E-state index contributed by atoms with van der Waals surface area (Å²) in [5, 5.41) is 6.02. The number of fused-ring (bicyclic) bond motifs is 2. The summed E-state index contributed by atoms with van der Waals surface area (Å²) < 4.78 is 18.8. The average molecular weight is 481 g/mol. The molecule has 9 heteroatoms. The van der Waals surface area contributed by atoms with Gasteiger partial charge in [0.2, 0.25) is 5.79 Å². The topological polar surface area (TPSA) is 87.3 Å². The summed E-state index contributed by atoms with van der Waals surface area (Å²) >= 11 is 6.09. The van der Waals surface area contributed by atoms with Crippen molar-refractivity contribution < 1.29 is 28.8 Å². The zero-order valence-electron chi connectivity index (χ0n) is 19.3. The van der Waals surface area contributed by atoms with Crippen molar-refractivity contribution in [1.82, 2.24) is 5.32 Å². The molecule has 1 aromatic carbocycles. The van der Waals surface area contributed by atoms with Crippen LogP contribution in [0.2, 0.25) is 5.02 Å². The fourth-order valence-electron chi connectivity index (χ4n) is 6.13. The number of hydrogen-bond acceptors (Lipinski definition) is 6. The van der Waals surface area contributed by atoms with Crippen LogP contribution in [0, 0.1) is 23.7 Å². The maximum Gasteiger partial charge on any atom is 0.319 e. The van der Waals surface area contributed by atoms with Gasteiger partial charge >= 0.3 is 6.03 Å². The molecule has 1 saturated carbocycles. The maximum absolute atomic E-state index is 12.2. The van der Waals surface area contributed by atoms with Crippen molar-refractivity contribution in [2.45, 2.75) is 70.4 Å². The molecule has 4 aliphatic heterocycles. The van der Waals surface area contributed by atoms with E-state index in [9.17, 15) is 4.79 Å². The number of halogens is 1. The van der Waals surface area contributed by atoms with Crippen molar-refractivity contribution in [2.24, 2.45) is 23.7 Å². The lowest BCUT2D eigenvalue weighted by Crippen LogP contribution is -2.70. The van der Waals surface area contributed by atoms with Gasteiger partial charge in [0.25, 0.3) is 0 Å². The van der Waals surface area contributed by atoms with Crippen LogP contribution in [0.3, 0.4) is 0 Å². The Bertz CT molecular complexity index is 888. The maximum atomic E-state index is 12.2. The quantitative estimate of drug-likeness (QED) is 0.469. The van der Waals surface area contributed by atoms with Gasteiger partial charge in [0.1, 0.15) is 0 Å². The minimum absolute atomic E-state index is 0.0999. The first-order chi connectivity index (χ1) is 15.8. The standard InChI is InChI=1S/C24H33ClN2O6/c1-14-8-9-17-15(2)20(29-13-12-26-22(28)27-19-7-5-4-6-18(19)25)30-21-24(17)16(14)10-11-23(3,31-21)32-33-24/h4-7,14-17,20-21H,8-13H2,1-3H3,(H2,26,27,28)/t14-,15-,16+,17+,20-,21-,23+,24-/m1/s1. The lowest BCUT2D eigenvalue weighted by atomic mass is 9.58. The number of ether oxygens (including phenoxy) is 3. The molecule has 33 heavy (non-hydrogen) atoms. The Balaban J connectivity index is 1.20. The number of urea groups is 1. The molecule has 5 fully saturated rings. The number of hydrogen-bond donors (Lipinski definition) is 2. The highest BCUT2D eigenvalue weighted by molar-refractivity contribution is 6.33. The monoisotopic (exact) mass is 480 g/mol. The molecule has 0 aromatic heterocycles. The van der Waals surface area contributed by atoms with Crippen LogP contribution in [0.25, 0.3) is 0 Å². The molecule has 1 aliphatic carbocycles. The first-order valence-electron chi connectivity index (χ1n) is 11.9. The van der Waals surface area contributed by atoms with Crippen LogP contribution in [0.1, 0.15) is 46.5 Å². The van der Waals surface area contributed by atoms with Crippen molar-refractivity contribution in [1.29, 1.82) is 0 Å². The minimum atomic E-state index is -0.805. The van der Waals surface area contributed by atoms with Gasteiger partial charge in [-0.15, -0.1) is 0 Å². The molecule has 1 aromatic rings. The molecule has 8 nitrogen and oxygen atoms in total. The van der Waals surface area contributed by atoms with Crippen LogP contribution in [-0.4, -0.2) is 43.2 Å². The second-order valence-electron chi connectivity index (χ2n) is 10.0. The van der Waals surface area contributed by atoms with Gasteiger partial charge in [0, 0.05) is 24.8 Å². The predicted octanol–water partition coefficient (Wildman–Crippen LogP) is 4.69. The van der Waals surface area contributed by atoms with Crippen LogP contribution in [0.5, 0.6) is 0 Å². The van der Waals surface area contributed by atoms with Crippen molar-refractivity contribution in [2.75, 3.05) is 18.5 Å². The number of anilines is 1. The summed E-state index contributed by atoms with van der Waals surface area (Å²) in [6.45, 7) is 7.00. The van der Waals surface area contributed by atoms with Crippen molar-refractivity contribution in [3.63, 3.8) is 0 Å². The summed E-state index contributed by atoms with van der Waals surface area (Å²) in [7, 11) is 0. The van der Waals surface area contributed by atoms with Crippen molar-refractivity contribution in [3.05, 3.63) is 29.3 Å². The Morgan fingerprint density at radius 1 is 1.18 bits per heavy atom. The molecule has 0 radical (unpaired) electrons. The molecule has 6 rings (SSSR count). The van der Waals surface area contributed by atoms with Gasteiger partial charge in [-0.1, -0.05) is 37.6 Å². The zero-order chi connectivity index (χ0) is 23.2. The summed E-state index contributed by atoms with van der Waals surface area (Å²) in [4.78, 5) is 24.2. The second-order valence-corrected chi connectivity index (χ2v) is 10.4.